The zero-order chi connectivity index (χ0) is 21.5. The Morgan fingerprint density at radius 3 is 2.40 bits per heavy atom. The number of halogens is 5. The molecule has 1 saturated heterocycles. The van der Waals surface area contributed by atoms with E-state index in [1.807, 2.05) is 4.90 Å². The van der Waals surface area contributed by atoms with E-state index in [1.165, 1.54) is 28.8 Å². The molecule has 1 aliphatic heterocycles. The van der Waals surface area contributed by atoms with Gasteiger partial charge in [-0.25, -0.2) is 4.98 Å². The number of likely N-dealkylation sites (tertiary alicyclic amines) is 1. The van der Waals surface area contributed by atoms with Crippen LogP contribution in [0.15, 0.2) is 36.5 Å². The highest BCUT2D eigenvalue weighted by atomic mass is 35.5. The highest BCUT2D eigenvalue weighted by Crippen LogP contribution is 2.35. The molecule has 0 bridgehead atoms. The molecule has 0 aliphatic carbocycles. The third kappa shape index (κ3) is 3.99. The number of hydrogen-bond donors (Lipinski definition) is 1. The maximum Gasteiger partial charge on any atom is 0.435 e. The Kier molecular flexibility index (Phi) is 5.65. The number of hydrogen-bond acceptors (Lipinski definition) is 3. The average molecular weight is 457 g/mol. The summed E-state index contributed by atoms with van der Waals surface area (Å²) < 4.78 is 42.5. The van der Waals surface area contributed by atoms with Crippen LogP contribution in [-0.2, 0) is 12.7 Å². The molecule has 0 unspecified atom stereocenters. The van der Waals surface area contributed by atoms with Crippen molar-refractivity contribution >= 4 is 40.4 Å². The number of nitrogens with one attached hydrogen (secondary N) is 1. The fourth-order valence-electron chi connectivity index (χ4n) is 3.64. The molecule has 1 aromatic carbocycles. The second-order valence-corrected chi connectivity index (χ2v) is 7.87. The van der Waals surface area contributed by atoms with Gasteiger partial charge in [-0.05, 0) is 50.2 Å². The van der Waals surface area contributed by atoms with Crippen molar-refractivity contribution in [1.29, 1.82) is 0 Å². The van der Waals surface area contributed by atoms with E-state index in [1.54, 1.807) is 12.1 Å². The van der Waals surface area contributed by atoms with Gasteiger partial charge >= 0.3 is 6.18 Å². The number of alkyl halides is 3. The van der Waals surface area contributed by atoms with Crippen molar-refractivity contribution in [3.05, 3.63) is 63.5 Å². The molecule has 5 nitrogen and oxygen atoms in total. The smallest absolute Gasteiger partial charge is 0.319 e. The zero-order valence-electron chi connectivity index (χ0n) is 15.6. The van der Waals surface area contributed by atoms with Gasteiger partial charge in [0.1, 0.15) is 0 Å². The lowest BCUT2D eigenvalue weighted by Crippen LogP contribution is -2.22. The van der Waals surface area contributed by atoms with Crippen molar-refractivity contribution in [2.45, 2.75) is 25.6 Å². The van der Waals surface area contributed by atoms with E-state index < -0.39 is 17.8 Å². The molecular weight excluding hydrogens is 440 g/mol. The highest BCUT2D eigenvalue weighted by Gasteiger charge is 2.38. The molecule has 1 N–H and O–H groups in total. The lowest BCUT2D eigenvalue weighted by atomic mass is 10.2. The van der Waals surface area contributed by atoms with Crippen LogP contribution in [0, 0.1) is 0 Å². The van der Waals surface area contributed by atoms with Crippen molar-refractivity contribution in [1.82, 2.24) is 14.3 Å². The number of carbonyl (C=O) groups excluding carboxylic acids is 1. The minimum absolute atomic E-state index is 0.00977. The van der Waals surface area contributed by atoms with Crippen LogP contribution in [-0.4, -0.2) is 33.3 Å². The topological polar surface area (TPSA) is 49.6 Å². The van der Waals surface area contributed by atoms with Gasteiger partial charge in [0, 0.05) is 12.7 Å². The Hall–Kier alpha value is -2.29. The van der Waals surface area contributed by atoms with Crippen LogP contribution in [0.1, 0.15) is 34.6 Å². The number of imidazole rings is 1. The predicted molar refractivity (Wildman–Crippen MR) is 109 cm³/mol. The van der Waals surface area contributed by atoms with Gasteiger partial charge in [-0.1, -0.05) is 29.3 Å². The van der Waals surface area contributed by atoms with Crippen LogP contribution >= 0.6 is 23.2 Å². The van der Waals surface area contributed by atoms with Crippen molar-refractivity contribution < 1.29 is 18.0 Å². The number of anilines is 1. The molecule has 30 heavy (non-hydrogen) atoms. The summed E-state index contributed by atoms with van der Waals surface area (Å²) in [6, 6.07) is 7.66. The molecule has 158 valence electrons. The lowest BCUT2D eigenvalue weighted by Gasteiger charge is -2.16. The molecule has 0 radical (unpaired) electrons. The first-order valence-corrected chi connectivity index (χ1v) is 10.1. The van der Waals surface area contributed by atoms with Gasteiger partial charge in [0.25, 0.3) is 5.91 Å². The van der Waals surface area contributed by atoms with Crippen LogP contribution in [0.5, 0.6) is 0 Å². The first-order valence-electron chi connectivity index (χ1n) is 9.30. The summed E-state index contributed by atoms with van der Waals surface area (Å²) in [6.07, 6.45) is -1.19. The molecule has 4 rings (SSSR count). The number of rotatable bonds is 4. The molecule has 1 fully saturated rings. The third-order valence-corrected chi connectivity index (χ3v) is 5.66. The van der Waals surface area contributed by atoms with Gasteiger partial charge in [0.15, 0.2) is 11.3 Å². The quantitative estimate of drug-likeness (QED) is 0.563. The molecule has 10 heteroatoms. The SMILES string of the molecule is O=C(Nc1cccn2c(CN3CCCC3)c(C(F)(F)F)nc12)c1c(Cl)cccc1Cl. The summed E-state index contributed by atoms with van der Waals surface area (Å²) in [7, 11) is 0. The zero-order valence-corrected chi connectivity index (χ0v) is 17.2. The maximum atomic E-state index is 13.7. The van der Waals surface area contributed by atoms with Gasteiger partial charge < -0.3 is 9.72 Å². The van der Waals surface area contributed by atoms with E-state index in [2.05, 4.69) is 10.3 Å². The second kappa shape index (κ2) is 8.09. The summed E-state index contributed by atoms with van der Waals surface area (Å²) in [4.78, 5) is 18.5. The normalized spacial score (nSPS) is 15.1. The van der Waals surface area contributed by atoms with E-state index >= 15 is 0 Å². The Labute approximate surface area is 180 Å². The van der Waals surface area contributed by atoms with Crippen LogP contribution in [0.4, 0.5) is 18.9 Å². The minimum atomic E-state index is -4.62. The van der Waals surface area contributed by atoms with E-state index in [4.69, 9.17) is 23.2 Å². The summed E-state index contributed by atoms with van der Waals surface area (Å²) in [5, 5.41) is 2.88. The van der Waals surface area contributed by atoms with Gasteiger partial charge in [-0.2, -0.15) is 13.2 Å². The molecule has 0 saturated carbocycles. The Morgan fingerprint density at radius 2 is 1.77 bits per heavy atom. The Balaban J connectivity index is 1.76. The Morgan fingerprint density at radius 1 is 1.10 bits per heavy atom. The van der Waals surface area contributed by atoms with Crippen LogP contribution in [0.2, 0.25) is 10.0 Å². The average Bonchev–Trinajstić information content (AvgIpc) is 3.30. The number of benzene rings is 1. The van der Waals surface area contributed by atoms with Crippen LogP contribution < -0.4 is 5.32 Å². The first-order chi connectivity index (χ1) is 14.3. The largest absolute Gasteiger partial charge is 0.435 e. The summed E-state index contributed by atoms with van der Waals surface area (Å²) in [5.41, 5.74) is -0.715. The van der Waals surface area contributed by atoms with Gasteiger partial charge in [-0.15, -0.1) is 0 Å². The fraction of sp³-hybridized carbons (Fsp3) is 0.300. The molecule has 3 heterocycles. The minimum Gasteiger partial charge on any atom is -0.319 e. The number of fused-ring (bicyclic) bond motifs is 1. The molecule has 2 aromatic heterocycles. The third-order valence-electron chi connectivity index (χ3n) is 5.03. The van der Waals surface area contributed by atoms with Gasteiger partial charge in [-0.3, -0.25) is 9.69 Å². The van der Waals surface area contributed by atoms with Crippen molar-refractivity contribution in [2.24, 2.45) is 0 Å². The van der Waals surface area contributed by atoms with Crippen LogP contribution in [0.3, 0.4) is 0 Å². The number of amides is 1. The summed E-state index contributed by atoms with van der Waals surface area (Å²) in [5.74, 6) is -0.628. The van der Waals surface area contributed by atoms with Crippen molar-refractivity contribution in [3.63, 3.8) is 0 Å². The van der Waals surface area contributed by atoms with Gasteiger partial charge in [0.2, 0.25) is 0 Å². The lowest BCUT2D eigenvalue weighted by molar-refractivity contribution is -0.141. The molecule has 3 aromatic rings. The van der Waals surface area contributed by atoms with E-state index in [0.29, 0.717) is 0 Å². The Bertz CT molecular complexity index is 1090. The van der Waals surface area contributed by atoms with Crippen molar-refractivity contribution in [3.8, 4) is 0 Å². The second-order valence-electron chi connectivity index (χ2n) is 7.05. The molecule has 0 atom stereocenters. The predicted octanol–water partition coefficient (Wildman–Crippen LogP) is 5.51. The monoisotopic (exact) mass is 456 g/mol. The maximum absolute atomic E-state index is 13.7. The first kappa shape index (κ1) is 21.0. The summed E-state index contributed by atoms with van der Waals surface area (Å²) >= 11 is 12.1. The van der Waals surface area contributed by atoms with E-state index in [9.17, 15) is 18.0 Å². The standard InChI is InChI=1S/C20H17Cl2F3N4O/c21-12-5-3-6-13(22)16(12)19(30)26-14-7-4-10-29-15(11-28-8-1-2-9-28)17(20(23,24)25)27-18(14)29/h3-7,10H,1-2,8-9,11H2,(H,26,30). The highest BCUT2D eigenvalue weighted by molar-refractivity contribution is 6.40. The number of aromatic nitrogens is 2. The van der Waals surface area contributed by atoms with E-state index in [-0.39, 0.29) is 39.2 Å². The van der Waals surface area contributed by atoms with Crippen molar-refractivity contribution in [2.75, 3.05) is 18.4 Å². The summed E-state index contributed by atoms with van der Waals surface area (Å²) in [6.45, 7) is 1.61. The number of pyridine rings is 1. The molecule has 1 aliphatic rings. The number of carbonyl (C=O) groups is 1. The molecule has 1 amide bonds. The number of nitrogens with zero attached hydrogens (tertiary/aromatic N) is 3. The molecular formula is C20H17Cl2F3N4O. The molecule has 0 spiro atoms. The van der Waals surface area contributed by atoms with E-state index in [0.717, 1.165) is 25.9 Å². The fourth-order valence-corrected chi connectivity index (χ4v) is 4.21. The van der Waals surface area contributed by atoms with Gasteiger partial charge in [0.05, 0.1) is 27.0 Å². The van der Waals surface area contributed by atoms with Crippen LogP contribution in [0.25, 0.3) is 5.65 Å².